The van der Waals surface area contributed by atoms with E-state index in [4.69, 9.17) is 5.73 Å². The third-order valence-corrected chi connectivity index (χ3v) is 5.58. The van der Waals surface area contributed by atoms with E-state index < -0.39 is 25.9 Å². The first-order valence-electron chi connectivity index (χ1n) is 5.99. The van der Waals surface area contributed by atoms with Crippen molar-refractivity contribution < 1.29 is 16.8 Å². The van der Waals surface area contributed by atoms with Crippen molar-refractivity contribution in [3.05, 3.63) is 23.3 Å². The van der Waals surface area contributed by atoms with Gasteiger partial charge in [-0.2, -0.15) is 0 Å². The number of hydrogen-bond acceptors (Lipinski definition) is 5. The number of rotatable bonds is 5. The molecule has 0 amide bonds. The van der Waals surface area contributed by atoms with Crippen LogP contribution in [0.15, 0.2) is 17.0 Å². The van der Waals surface area contributed by atoms with Gasteiger partial charge in [0.25, 0.3) is 0 Å². The van der Waals surface area contributed by atoms with Crippen LogP contribution in [0, 0.1) is 13.8 Å². The maximum Gasteiger partial charge on any atom is 0.242 e. The van der Waals surface area contributed by atoms with Gasteiger partial charge in [0.1, 0.15) is 14.7 Å². The third-order valence-electron chi connectivity index (χ3n) is 2.82. The Labute approximate surface area is 120 Å². The smallest absolute Gasteiger partial charge is 0.242 e. The van der Waals surface area contributed by atoms with Crippen LogP contribution in [0.25, 0.3) is 0 Å². The summed E-state index contributed by atoms with van der Waals surface area (Å²) in [6.07, 6.45) is 1.06. The van der Waals surface area contributed by atoms with E-state index in [1.54, 1.807) is 13.0 Å². The summed E-state index contributed by atoms with van der Waals surface area (Å²) in [5, 5.41) is 0. The normalized spacial score (nSPS) is 14.2. The van der Waals surface area contributed by atoms with Gasteiger partial charge >= 0.3 is 0 Å². The standard InChI is InChI=1S/C12H20N2O4S2/c1-8-5-11(13)12(6-9(8)2)20(17,18)14-10(3)7-19(4,15)16/h5-6,10,14H,7,13H2,1-4H3. The van der Waals surface area contributed by atoms with Crippen LogP contribution >= 0.6 is 0 Å². The Morgan fingerprint density at radius 3 is 2.15 bits per heavy atom. The Kier molecular flexibility index (Phi) is 4.83. The predicted octanol–water partition coefficient (Wildman–Crippen LogP) is 0.597. The molecule has 0 fully saturated rings. The van der Waals surface area contributed by atoms with E-state index in [1.165, 1.54) is 13.0 Å². The van der Waals surface area contributed by atoms with E-state index >= 15 is 0 Å². The topological polar surface area (TPSA) is 106 Å². The maximum absolute atomic E-state index is 12.2. The molecule has 0 aliphatic carbocycles. The van der Waals surface area contributed by atoms with Crippen molar-refractivity contribution in [3.63, 3.8) is 0 Å². The van der Waals surface area contributed by atoms with Gasteiger partial charge < -0.3 is 5.73 Å². The molecule has 0 spiro atoms. The lowest BCUT2D eigenvalue weighted by Gasteiger charge is -2.15. The average molecular weight is 320 g/mol. The third kappa shape index (κ3) is 4.46. The summed E-state index contributed by atoms with van der Waals surface area (Å²) in [5.41, 5.74) is 7.58. The average Bonchev–Trinajstić information content (AvgIpc) is 2.19. The van der Waals surface area contributed by atoms with Crippen LogP contribution in [0.4, 0.5) is 5.69 Å². The summed E-state index contributed by atoms with van der Waals surface area (Å²) in [6.45, 7) is 5.12. The molecule has 114 valence electrons. The molecule has 1 unspecified atom stereocenters. The lowest BCUT2D eigenvalue weighted by Crippen LogP contribution is -2.37. The van der Waals surface area contributed by atoms with Crippen LogP contribution in [0.1, 0.15) is 18.1 Å². The zero-order valence-electron chi connectivity index (χ0n) is 12.0. The number of nitrogen functional groups attached to an aromatic ring is 1. The van der Waals surface area contributed by atoms with E-state index in [2.05, 4.69) is 4.72 Å². The summed E-state index contributed by atoms with van der Waals surface area (Å²) in [4.78, 5) is -0.0269. The van der Waals surface area contributed by atoms with E-state index in [-0.39, 0.29) is 16.3 Å². The molecule has 1 rings (SSSR count). The van der Waals surface area contributed by atoms with Crippen LogP contribution in [0.5, 0.6) is 0 Å². The van der Waals surface area contributed by atoms with Gasteiger partial charge in [-0.05, 0) is 44.0 Å². The van der Waals surface area contributed by atoms with Crippen molar-refractivity contribution in [1.82, 2.24) is 4.72 Å². The van der Waals surface area contributed by atoms with Crippen molar-refractivity contribution in [2.24, 2.45) is 0 Å². The van der Waals surface area contributed by atoms with E-state index in [0.717, 1.165) is 17.4 Å². The van der Waals surface area contributed by atoms with Gasteiger partial charge in [0.05, 0.1) is 11.4 Å². The molecule has 0 saturated carbocycles. The number of sulfone groups is 1. The van der Waals surface area contributed by atoms with Crippen molar-refractivity contribution in [3.8, 4) is 0 Å². The number of anilines is 1. The minimum absolute atomic E-state index is 0.0269. The summed E-state index contributed by atoms with van der Waals surface area (Å²) >= 11 is 0. The van der Waals surface area contributed by atoms with Gasteiger partial charge in [-0.25, -0.2) is 21.6 Å². The second kappa shape index (κ2) is 5.71. The van der Waals surface area contributed by atoms with Crippen molar-refractivity contribution in [1.29, 1.82) is 0 Å². The molecule has 3 N–H and O–H groups in total. The number of sulfonamides is 1. The molecule has 0 bridgehead atoms. The highest BCUT2D eigenvalue weighted by Crippen LogP contribution is 2.22. The van der Waals surface area contributed by atoms with Crippen molar-refractivity contribution in [2.75, 3.05) is 17.7 Å². The van der Waals surface area contributed by atoms with Gasteiger partial charge in [0.2, 0.25) is 10.0 Å². The van der Waals surface area contributed by atoms with E-state index in [1.807, 2.05) is 6.92 Å². The van der Waals surface area contributed by atoms with Gasteiger partial charge in [0.15, 0.2) is 0 Å². The quantitative estimate of drug-likeness (QED) is 0.773. The molecule has 0 radical (unpaired) electrons. The van der Waals surface area contributed by atoms with Crippen LogP contribution in [0.2, 0.25) is 0 Å². The molecule has 20 heavy (non-hydrogen) atoms. The fraction of sp³-hybridized carbons (Fsp3) is 0.500. The Morgan fingerprint density at radius 2 is 1.65 bits per heavy atom. The van der Waals surface area contributed by atoms with Gasteiger partial charge in [-0.1, -0.05) is 0 Å². The highest BCUT2D eigenvalue weighted by molar-refractivity contribution is 7.91. The first kappa shape index (κ1) is 16.9. The second-order valence-electron chi connectivity index (χ2n) is 5.09. The number of aryl methyl sites for hydroxylation is 2. The molecular formula is C12H20N2O4S2. The number of hydrogen-bond donors (Lipinski definition) is 2. The molecule has 0 aliphatic heterocycles. The maximum atomic E-state index is 12.2. The van der Waals surface area contributed by atoms with Gasteiger partial charge in [0, 0.05) is 12.3 Å². The summed E-state index contributed by atoms with van der Waals surface area (Å²) in [7, 11) is -7.10. The van der Waals surface area contributed by atoms with Crippen LogP contribution in [0.3, 0.4) is 0 Å². The SMILES string of the molecule is Cc1cc(N)c(S(=O)(=O)NC(C)CS(C)(=O)=O)cc1C. The van der Waals surface area contributed by atoms with Crippen molar-refractivity contribution >= 4 is 25.5 Å². The molecular weight excluding hydrogens is 300 g/mol. The Balaban J connectivity index is 3.09. The predicted molar refractivity (Wildman–Crippen MR) is 79.8 cm³/mol. The summed E-state index contributed by atoms with van der Waals surface area (Å²) < 4.78 is 49.1. The van der Waals surface area contributed by atoms with E-state index in [0.29, 0.717) is 0 Å². The molecule has 6 nitrogen and oxygen atoms in total. The first-order valence-corrected chi connectivity index (χ1v) is 9.53. The largest absolute Gasteiger partial charge is 0.398 e. The van der Waals surface area contributed by atoms with Gasteiger partial charge in [-0.15, -0.1) is 0 Å². The lowest BCUT2D eigenvalue weighted by molar-refractivity contribution is 0.564. The number of nitrogens with one attached hydrogen (secondary N) is 1. The van der Waals surface area contributed by atoms with Gasteiger partial charge in [-0.3, -0.25) is 0 Å². The molecule has 0 saturated heterocycles. The van der Waals surface area contributed by atoms with E-state index in [9.17, 15) is 16.8 Å². The first-order chi connectivity index (χ1) is 8.92. The highest BCUT2D eigenvalue weighted by Gasteiger charge is 2.22. The summed E-state index contributed by atoms with van der Waals surface area (Å²) in [6, 6.07) is 2.35. The lowest BCUT2D eigenvalue weighted by atomic mass is 10.1. The van der Waals surface area contributed by atoms with Crippen LogP contribution in [-0.4, -0.2) is 34.9 Å². The minimum atomic E-state index is -3.84. The zero-order valence-corrected chi connectivity index (χ0v) is 13.6. The number of nitrogens with two attached hydrogens (primary N) is 1. The van der Waals surface area contributed by atoms with Crippen molar-refractivity contribution in [2.45, 2.75) is 31.7 Å². The fourth-order valence-corrected chi connectivity index (χ4v) is 4.40. The Bertz CT molecular complexity index is 709. The zero-order chi connectivity index (χ0) is 15.7. The number of benzene rings is 1. The molecule has 1 aromatic rings. The fourth-order valence-electron chi connectivity index (χ4n) is 1.86. The van der Waals surface area contributed by atoms with Crippen LogP contribution < -0.4 is 10.5 Å². The molecule has 1 aromatic carbocycles. The molecule has 0 heterocycles. The Hall–Kier alpha value is -1.12. The Morgan fingerprint density at radius 1 is 1.15 bits per heavy atom. The molecule has 0 aromatic heterocycles. The molecule has 8 heteroatoms. The monoisotopic (exact) mass is 320 g/mol. The summed E-state index contributed by atoms with van der Waals surface area (Å²) in [5.74, 6) is -0.267. The highest BCUT2D eigenvalue weighted by atomic mass is 32.2. The second-order valence-corrected chi connectivity index (χ2v) is 8.96. The molecule has 0 aliphatic rings. The minimum Gasteiger partial charge on any atom is -0.398 e. The van der Waals surface area contributed by atoms with Crippen LogP contribution in [-0.2, 0) is 19.9 Å². The molecule has 1 atom stereocenters.